The van der Waals surface area contributed by atoms with Crippen molar-refractivity contribution in [2.45, 2.75) is 70.6 Å². The molecule has 0 unspecified atom stereocenters. The van der Waals surface area contributed by atoms with E-state index in [2.05, 4.69) is 20.8 Å². The van der Waals surface area contributed by atoms with Gasteiger partial charge in [0, 0.05) is 11.4 Å². The zero-order chi connectivity index (χ0) is 28.6. The molecular formula is C27H31ClFN5O4S2. The van der Waals surface area contributed by atoms with E-state index in [0.29, 0.717) is 28.1 Å². The van der Waals surface area contributed by atoms with Crippen molar-refractivity contribution in [1.82, 2.24) is 20.1 Å². The average Bonchev–Trinajstić information content (AvgIpc) is 3.49. The number of thiophene rings is 1. The lowest BCUT2D eigenvalue weighted by atomic mass is 9.95. The molecule has 13 heteroatoms. The molecule has 2 aromatic heterocycles. The van der Waals surface area contributed by atoms with Crippen molar-refractivity contribution in [3.05, 3.63) is 56.4 Å². The number of aryl methyl sites for hydroxylation is 1. The molecule has 0 spiro atoms. The van der Waals surface area contributed by atoms with Gasteiger partial charge in [-0.1, -0.05) is 42.8 Å². The van der Waals surface area contributed by atoms with Crippen molar-refractivity contribution >= 4 is 57.5 Å². The number of amides is 2. The molecule has 4 rings (SSSR count). The van der Waals surface area contributed by atoms with Gasteiger partial charge in [0.05, 0.1) is 35.1 Å². The van der Waals surface area contributed by atoms with Crippen LogP contribution >= 0.6 is 34.7 Å². The normalized spacial score (nSPS) is 12.6. The van der Waals surface area contributed by atoms with E-state index in [9.17, 15) is 18.8 Å². The lowest BCUT2D eigenvalue weighted by Crippen LogP contribution is -2.26. The number of anilines is 1. The zero-order valence-electron chi connectivity index (χ0n) is 22.4. The monoisotopic (exact) mass is 607 g/mol. The van der Waals surface area contributed by atoms with Gasteiger partial charge in [0.1, 0.15) is 10.8 Å². The molecule has 0 bridgehead atoms. The number of hydrogen-bond acceptors (Lipinski definition) is 8. The summed E-state index contributed by atoms with van der Waals surface area (Å²) in [6.45, 7) is 4.67. The molecule has 2 heterocycles. The highest BCUT2D eigenvalue weighted by atomic mass is 35.5. The molecule has 0 radical (unpaired) electrons. The average molecular weight is 608 g/mol. The number of esters is 1. The Bertz CT molecular complexity index is 1370. The van der Waals surface area contributed by atoms with Gasteiger partial charge in [-0.2, -0.15) is 0 Å². The second-order valence-corrected chi connectivity index (χ2v) is 11.6. The number of carbonyl (C=O) groups is 3. The fourth-order valence-corrected chi connectivity index (χ4v) is 6.75. The largest absolute Gasteiger partial charge is 0.462 e. The highest BCUT2D eigenvalue weighted by Crippen LogP contribution is 2.38. The van der Waals surface area contributed by atoms with Crippen LogP contribution in [0.25, 0.3) is 0 Å². The number of unbranched alkanes of at least 4 members (excludes halogenated alkanes) is 1. The minimum absolute atomic E-state index is 0.0105. The van der Waals surface area contributed by atoms with Crippen molar-refractivity contribution in [2.24, 2.45) is 0 Å². The number of carbonyl (C=O) groups excluding carboxylic acids is 3. The van der Waals surface area contributed by atoms with Crippen LogP contribution in [0, 0.1) is 5.82 Å². The zero-order valence-corrected chi connectivity index (χ0v) is 24.7. The minimum Gasteiger partial charge on any atom is -0.462 e. The molecule has 1 aliphatic carbocycles. The van der Waals surface area contributed by atoms with E-state index in [4.69, 9.17) is 16.3 Å². The maximum atomic E-state index is 14.1. The smallest absolute Gasteiger partial charge is 0.341 e. The van der Waals surface area contributed by atoms with Crippen LogP contribution in [0.5, 0.6) is 0 Å². The summed E-state index contributed by atoms with van der Waals surface area (Å²) in [6.07, 6.45) is 5.50. The van der Waals surface area contributed by atoms with Crippen molar-refractivity contribution in [3.63, 3.8) is 0 Å². The van der Waals surface area contributed by atoms with Gasteiger partial charge >= 0.3 is 5.97 Å². The molecule has 2 amide bonds. The van der Waals surface area contributed by atoms with Crippen molar-refractivity contribution in [2.75, 3.05) is 17.7 Å². The first kappa shape index (κ1) is 30.0. The fraction of sp³-hybridized carbons (Fsp3) is 0.444. The number of fused-ring (bicyclic) bond motifs is 1. The molecule has 0 saturated carbocycles. The van der Waals surface area contributed by atoms with E-state index in [0.717, 1.165) is 49.0 Å². The summed E-state index contributed by atoms with van der Waals surface area (Å²) >= 11 is 8.67. The highest BCUT2D eigenvalue weighted by Gasteiger charge is 2.27. The SMILES string of the molecule is CCCCn1c(CNC(=O)c2c(F)cccc2Cl)nnc1SCC(=O)Nc1sc2c(c1C(=O)OCC)CCCC2. The van der Waals surface area contributed by atoms with Crippen molar-refractivity contribution in [3.8, 4) is 0 Å². The van der Waals surface area contributed by atoms with E-state index < -0.39 is 17.7 Å². The number of hydrogen-bond donors (Lipinski definition) is 2. The molecule has 214 valence electrons. The van der Waals surface area contributed by atoms with Crippen molar-refractivity contribution < 1.29 is 23.5 Å². The second-order valence-electron chi connectivity index (χ2n) is 9.16. The summed E-state index contributed by atoms with van der Waals surface area (Å²) < 4.78 is 21.3. The van der Waals surface area contributed by atoms with Gasteiger partial charge in [0.2, 0.25) is 5.91 Å². The van der Waals surface area contributed by atoms with E-state index in [1.165, 1.54) is 41.3 Å². The molecule has 3 aromatic rings. The Morgan fingerprint density at radius 3 is 2.73 bits per heavy atom. The number of halogens is 2. The topological polar surface area (TPSA) is 115 Å². The number of nitrogens with zero attached hydrogens (tertiary/aromatic N) is 3. The summed E-state index contributed by atoms with van der Waals surface area (Å²) in [5.74, 6) is -1.52. The number of nitrogens with one attached hydrogen (secondary N) is 2. The first-order valence-corrected chi connectivity index (χ1v) is 15.4. The number of ether oxygens (including phenoxy) is 1. The van der Waals surface area contributed by atoms with Crippen LogP contribution in [0.4, 0.5) is 9.39 Å². The Morgan fingerprint density at radius 2 is 1.98 bits per heavy atom. The maximum Gasteiger partial charge on any atom is 0.341 e. The standard InChI is InChI=1S/C27H31ClFN5O4S2/c1-3-5-13-34-20(14-30-24(36)23-17(28)10-8-11-18(23)29)32-33-27(34)39-15-21(35)31-25-22(26(37)38-4-2)16-9-6-7-12-19(16)40-25/h8,10-11H,3-7,9,12-15H2,1-2H3,(H,30,36)(H,31,35). The van der Waals surface area contributed by atoms with E-state index in [1.54, 1.807) is 6.92 Å². The highest BCUT2D eigenvalue weighted by molar-refractivity contribution is 7.99. The fourth-order valence-electron chi connectivity index (χ4n) is 4.43. The third kappa shape index (κ3) is 7.02. The number of benzene rings is 1. The third-order valence-corrected chi connectivity index (χ3v) is 8.85. The molecule has 0 aliphatic heterocycles. The Hall–Kier alpha value is -2.96. The first-order chi connectivity index (χ1) is 19.3. The van der Waals surface area contributed by atoms with Gasteiger partial charge in [-0.05, 0) is 56.7 Å². The number of thioether (sulfide) groups is 1. The quantitative estimate of drug-likeness (QED) is 0.202. The third-order valence-electron chi connectivity index (χ3n) is 6.36. The van der Waals surface area contributed by atoms with Crippen LogP contribution in [0.2, 0.25) is 5.02 Å². The van der Waals surface area contributed by atoms with Crippen LogP contribution in [-0.4, -0.2) is 44.9 Å². The molecular weight excluding hydrogens is 577 g/mol. The van der Waals surface area contributed by atoms with Crippen LogP contribution in [0.3, 0.4) is 0 Å². The molecule has 9 nitrogen and oxygen atoms in total. The molecule has 0 atom stereocenters. The van der Waals surface area contributed by atoms with Crippen LogP contribution in [-0.2, 0) is 35.5 Å². The number of rotatable bonds is 12. The Labute approximate surface area is 245 Å². The number of aromatic nitrogens is 3. The summed E-state index contributed by atoms with van der Waals surface area (Å²) in [6, 6.07) is 4.05. The van der Waals surface area contributed by atoms with E-state index in [1.807, 2.05) is 11.5 Å². The second kappa shape index (κ2) is 14.1. The lowest BCUT2D eigenvalue weighted by molar-refractivity contribution is -0.113. The predicted octanol–water partition coefficient (Wildman–Crippen LogP) is 5.65. The summed E-state index contributed by atoms with van der Waals surface area (Å²) in [4.78, 5) is 39.4. The van der Waals surface area contributed by atoms with Gasteiger partial charge < -0.3 is 19.9 Å². The van der Waals surface area contributed by atoms with Gasteiger partial charge in [-0.3, -0.25) is 9.59 Å². The lowest BCUT2D eigenvalue weighted by Gasteiger charge is -2.12. The molecule has 0 fully saturated rings. The van der Waals surface area contributed by atoms with Crippen LogP contribution < -0.4 is 10.6 Å². The summed E-state index contributed by atoms with van der Waals surface area (Å²) in [5.41, 5.74) is 1.23. The van der Waals surface area contributed by atoms with Gasteiger partial charge in [-0.15, -0.1) is 21.5 Å². The Kier molecular flexibility index (Phi) is 10.6. The minimum atomic E-state index is -0.711. The molecule has 1 aromatic carbocycles. The molecule has 2 N–H and O–H groups in total. The Balaban J connectivity index is 1.44. The van der Waals surface area contributed by atoms with Crippen LogP contribution in [0.1, 0.15) is 76.5 Å². The molecule has 1 aliphatic rings. The van der Waals surface area contributed by atoms with Crippen molar-refractivity contribution in [1.29, 1.82) is 0 Å². The van der Waals surface area contributed by atoms with E-state index >= 15 is 0 Å². The predicted molar refractivity (Wildman–Crippen MR) is 154 cm³/mol. The first-order valence-electron chi connectivity index (χ1n) is 13.2. The Morgan fingerprint density at radius 1 is 1.18 bits per heavy atom. The van der Waals surface area contributed by atoms with Gasteiger partial charge in [0.15, 0.2) is 11.0 Å². The summed E-state index contributed by atoms with van der Waals surface area (Å²) in [7, 11) is 0. The summed E-state index contributed by atoms with van der Waals surface area (Å²) in [5, 5.41) is 15.1. The maximum absolute atomic E-state index is 14.1. The van der Waals surface area contributed by atoms with Crippen LogP contribution in [0.15, 0.2) is 23.4 Å². The molecule has 40 heavy (non-hydrogen) atoms. The van der Waals surface area contributed by atoms with E-state index in [-0.39, 0.29) is 35.4 Å². The van der Waals surface area contributed by atoms with Gasteiger partial charge in [-0.25, -0.2) is 9.18 Å². The molecule has 0 saturated heterocycles. The van der Waals surface area contributed by atoms with Gasteiger partial charge in [0.25, 0.3) is 5.91 Å².